The lowest BCUT2D eigenvalue weighted by molar-refractivity contribution is 0.132. The van der Waals surface area contributed by atoms with Crippen molar-refractivity contribution < 1.29 is 18.3 Å². The van der Waals surface area contributed by atoms with Gasteiger partial charge in [0.05, 0.1) is 5.92 Å². The standard InChI is InChI=1S/C19H16BrFN2O3/c20-13-7-8-16(14(21)10-13)26-19(24)23-9-3-4-12(11-23)18-22-15-5-1-2-6-17(15)25-18/h1-2,5-8,10,12H,3-4,9,11H2/t12-/m1/s1. The lowest BCUT2D eigenvalue weighted by atomic mass is 9.98. The van der Waals surface area contributed by atoms with Crippen LogP contribution in [0, 0.1) is 5.82 Å². The van der Waals surface area contributed by atoms with E-state index in [-0.39, 0.29) is 11.7 Å². The highest BCUT2D eigenvalue weighted by Gasteiger charge is 2.29. The van der Waals surface area contributed by atoms with Gasteiger partial charge in [0.15, 0.2) is 23.0 Å². The van der Waals surface area contributed by atoms with Gasteiger partial charge in [0, 0.05) is 17.6 Å². The van der Waals surface area contributed by atoms with E-state index in [0.29, 0.717) is 23.5 Å². The Labute approximate surface area is 157 Å². The topological polar surface area (TPSA) is 55.6 Å². The van der Waals surface area contributed by atoms with Crippen molar-refractivity contribution in [3.8, 4) is 5.75 Å². The molecule has 4 rings (SSSR count). The van der Waals surface area contributed by atoms with Gasteiger partial charge in [0.1, 0.15) is 5.52 Å². The van der Waals surface area contributed by atoms with Crippen LogP contribution >= 0.6 is 15.9 Å². The minimum atomic E-state index is -0.583. The lowest BCUT2D eigenvalue weighted by Crippen LogP contribution is -2.40. The van der Waals surface area contributed by atoms with Crippen LogP contribution in [-0.4, -0.2) is 29.1 Å². The molecule has 0 unspecified atom stereocenters. The fourth-order valence-electron chi connectivity index (χ4n) is 3.13. The highest BCUT2D eigenvalue weighted by Crippen LogP contribution is 2.30. The zero-order valence-corrected chi connectivity index (χ0v) is 15.4. The quantitative estimate of drug-likeness (QED) is 0.580. The van der Waals surface area contributed by atoms with E-state index in [4.69, 9.17) is 9.15 Å². The molecule has 1 saturated heterocycles. The minimum Gasteiger partial charge on any atom is -0.440 e. The molecule has 3 aromatic rings. The van der Waals surface area contributed by atoms with Crippen LogP contribution in [-0.2, 0) is 0 Å². The number of nitrogens with zero attached hydrogens (tertiary/aromatic N) is 2. The molecule has 1 aliphatic rings. The fraction of sp³-hybridized carbons (Fsp3) is 0.263. The number of halogens is 2. The molecule has 0 spiro atoms. The van der Waals surface area contributed by atoms with Gasteiger partial charge in [-0.2, -0.15) is 0 Å². The summed E-state index contributed by atoms with van der Waals surface area (Å²) >= 11 is 3.18. The van der Waals surface area contributed by atoms with Crippen LogP contribution in [0.3, 0.4) is 0 Å². The first kappa shape index (κ1) is 17.0. The summed E-state index contributed by atoms with van der Waals surface area (Å²) in [5.74, 6) is -0.0422. The van der Waals surface area contributed by atoms with Gasteiger partial charge in [-0.1, -0.05) is 28.1 Å². The number of ether oxygens (including phenoxy) is 1. The minimum absolute atomic E-state index is 0.00142. The third-order valence-electron chi connectivity index (χ3n) is 4.43. The smallest absolute Gasteiger partial charge is 0.415 e. The van der Waals surface area contributed by atoms with Crippen LogP contribution in [0.15, 0.2) is 51.4 Å². The van der Waals surface area contributed by atoms with Gasteiger partial charge in [-0.15, -0.1) is 0 Å². The molecule has 0 N–H and O–H groups in total. The van der Waals surface area contributed by atoms with E-state index in [9.17, 15) is 9.18 Å². The van der Waals surface area contributed by atoms with Crippen molar-refractivity contribution in [2.45, 2.75) is 18.8 Å². The van der Waals surface area contributed by atoms with Crippen molar-refractivity contribution >= 4 is 33.1 Å². The van der Waals surface area contributed by atoms with Crippen molar-refractivity contribution in [2.24, 2.45) is 0 Å². The maximum Gasteiger partial charge on any atom is 0.415 e. The Morgan fingerprint density at radius 1 is 1.31 bits per heavy atom. The average Bonchev–Trinajstić information content (AvgIpc) is 3.08. The van der Waals surface area contributed by atoms with Crippen LogP contribution in [0.4, 0.5) is 9.18 Å². The molecule has 26 heavy (non-hydrogen) atoms. The molecule has 1 aromatic heterocycles. The van der Waals surface area contributed by atoms with Crippen LogP contribution in [0.1, 0.15) is 24.7 Å². The van der Waals surface area contributed by atoms with Crippen molar-refractivity contribution in [1.82, 2.24) is 9.88 Å². The van der Waals surface area contributed by atoms with Crippen LogP contribution in [0.25, 0.3) is 11.1 Å². The van der Waals surface area contributed by atoms with E-state index in [0.717, 1.165) is 23.9 Å². The zero-order valence-electron chi connectivity index (χ0n) is 13.8. The number of rotatable bonds is 2. The molecule has 2 aromatic carbocycles. The second kappa shape index (κ2) is 7.07. The van der Waals surface area contributed by atoms with E-state index in [1.54, 1.807) is 11.0 Å². The number of aromatic nitrogens is 1. The van der Waals surface area contributed by atoms with Crippen molar-refractivity contribution in [3.63, 3.8) is 0 Å². The van der Waals surface area contributed by atoms with E-state index in [2.05, 4.69) is 20.9 Å². The van der Waals surface area contributed by atoms with Gasteiger partial charge in [-0.25, -0.2) is 14.2 Å². The molecular weight excluding hydrogens is 403 g/mol. The number of likely N-dealkylation sites (tertiary alicyclic amines) is 1. The second-order valence-corrected chi connectivity index (χ2v) is 7.16. The highest BCUT2D eigenvalue weighted by molar-refractivity contribution is 9.10. The monoisotopic (exact) mass is 418 g/mol. The Bertz CT molecular complexity index is 926. The summed E-state index contributed by atoms with van der Waals surface area (Å²) in [6.07, 6.45) is 1.12. The average molecular weight is 419 g/mol. The summed E-state index contributed by atoms with van der Waals surface area (Å²) in [7, 11) is 0. The van der Waals surface area contributed by atoms with Crippen LogP contribution < -0.4 is 4.74 Å². The van der Waals surface area contributed by atoms with Gasteiger partial charge in [0.2, 0.25) is 0 Å². The first-order valence-electron chi connectivity index (χ1n) is 8.37. The third kappa shape index (κ3) is 3.44. The molecular formula is C19H16BrFN2O3. The SMILES string of the molecule is O=C(Oc1ccc(Br)cc1F)N1CCC[C@@H](c2nc3ccccc3o2)C1. The maximum absolute atomic E-state index is 13.9. The predicted molar refractivity (Wildman–Crippen MR) is 97.7 cm³/mol. The third-order valence-corrected chi connectivity index (χ3v) is 4.92. The van der Waals surface area contributed by atoms with Crippen molar-refractivity contribution in [3.05, 3.63) is 58.6 Å². The zero-order chi connectivity index (χ0) is 18.1. The van der Waals surface area contributed by atoms with Gasteiger partial charge < -0.3 is 14.1 Å². The summed E-state index contributed by atoms with van der Waals surface area (Å²) in [4.78, 5) is 18.5. The fourth-order valence-corrected chi connectivity index (χ4v) is 3.46. The number of hydrogen-bond donors (Lipinski definition) is 0. The maximum atomic E-state index is 13.9. The number of carbonyl (C=O) groups is 1. The number of piperidine rings is 1. The van der Waals surface area contributed by atoms with Gasteiger partial charge in [-0.3, -0.25) is 0 Å². The normalized spacial score (nSPS) is 17.5. The molecule has 2 heterocycles. The highest BCUT2D eigenvalue weighted by atomic mass is 79.9. The van der Waals surface area contributed by atoms with Crippen molar-refractivity contribution in [1.29, 1.82) is 0 Å². The van der Waals surface area contributed by atoms with E-state index in [1.807, 2.05) is 24.3 Å². The molecule has 7 heteroatoms. The molecule has 1 aliphatic heterocycles. The molecule has 0 radical (unpaired) electrons. The molecule has 0 aliphatic carbocycles. The number of fused-ring (bicyclic) bond motifs is 1. The number of hydrogen-bond acceptors (Lipinski definition) is 4. The molecule has 1 atom stereocenters. The summed E-state index contributed by atoms with van der Waals surface area (Å²) in [5, 5.41) is 0. The Kier molecular flexibility index (Phi) is 4.63. The largest absolute Gasteiger partial charge is 0.440 e. The Balaban J connectivity index is 1.48. The molecule has 134 valence electrons. The number of carbonyl (C=O) groups excluding carboxylic acids is 1. The number of amides is 1. The summed E-state index contributed by atoms with van der Waals surface area (Å²) < 4.78 is 25.5. The first-order valence-corrected chi connectivity index (χ1v) is 9.17. The van der Waals surface area contributed by atoms with Crippen LogP contribution in [0.2, 0.25) is 0 Å². The van der Waals surface area contributed by atoms with Crippen molar-refractivity contribution in [2.75, 3.05) is 13.1 Å². The molecule has 5 nitrogen and oxygen atoms in total. The Hall–Kier alpha value is -2.41. The Morgan fingerprint density at radius 3 is 2.96 bits per heavy atom. The summed E-state index contributed by atoms with van der Waals surface area (Å²) in [5.41, 5.74) is 1.54. The molecule has 1 fully saturated rings. The lowest BCUT2D eigenvalue weighted by Gasteiger charge is -2.30. The summed E-state index contributed by atoms with van der Waals surface area (Å²) in [6, 6.07) is 11.9. The van der Waals surface area contributed by atoms with Gasteiger partial charge >= 0.3 is 6.09 Å². The second-order valence-electron chi connectivity index (χ2n) is 6.25. The van der Waals surface area contributed by atoms with Gasteiger partial charge in [0.25, 0.3) is 0 Å². The number of oxazole rings is 1. The number of benzene rings is 2. The predicted octanol–water partition coefficient (Wildman–Crippen LogP) is 5.11. The van der Waals surface area contributed by atoms with Crippen LogP contribution in [0.5, 0.6) is 5.75 Å². The molecule has 0 saturated carbocycles. The molecule has 1 amide bonds. The van der Waals surface area contributed by atoms with E-state index >= 15 is 0 Å². The first-order chi connectivity index (χ1) is 12.6. The van der Waals surface area contributed by atoms with E-state index in [1.165, 1.54) is 12.1 Å². The Morgan fingerprint density at radius 2 is 2.15 bits per heavy atom. The van der Waals surface area contributed by atoms with E-state index < -0.39 is 11.9 Å². The summed E-state index contributed by atoms with van der Waals surface area (Å²) in [6.45, 7) is 0.998. The molecule has 0 bridgehead atoms. The number of para-hydroxylation sites is 2. The van der Waals surface area contributed by atoms with Gasteiger partial charge in [-0.05, 0) is 43.2 Å².